The summed E-state index contributed by atoms with van der Waals surface area (Å²) in [7, 11) is 0. The maximum absolute atomic E-state index is 6.17. The zero-order valence-corrected chi connectivity index (χ0v) is 19.2. The second-order valence-electron chi connectivity index (χ2n) is 8.55. The smallest absolute Gasteiger partial charge is 0.145 e. The Morgan fingerprint density at radius 2 is 1.12 bits per heavy atom. The zero-order valence-electron chi connectivity index (χ0n) is 18.4. The number of rotatable bonds is 3. The van der Waals surface area contributed by atoms with Crippen LogP contribution in [0.5, 0.6) is 0 Å². The van der Waals surface area contributed by atoms with Crippen LogP contribution in [0.15, 0.2) is 125 Å². The molecule has 0 aliphatic carbocycles. The fraction of sp³-hybridized carbons (Fsp3) is 0. The van der Waals surface area contributed by atoms with E-state index < -0.39 is 0 Å². The van der Waals surface area contributed by atoms with Gasteiger partial charge in [-0.15, -0.1) is 11.3 Å². The Balaban J connectivity index is 1.54. The Kier molecular flexibility index (Phi) is 4.39. The second-order valence-corrected chi connectivity index (χ2v) is 9.50. The van der Waals surface area contributed by atoms with Crippen LogP contribution in [-0.4, -0.2) is 0 Å². The van der Waals surface area contributed by atoms with Gasteiger partial charge in [-0.2, -0.15) is 0 Å². The molecule has 0 fully saturated rings. The molecule has 2 heteroatoms. The van der Waals surface area contributed by atoms with E-state index in [0.717, 1.165) is 21.6 Å². The molecular formula is C32H20OS. The third-order valence-corrected chi connectivity index (χ3v) is 7.45. The predicted octanol–water partition coefficient (Wildman–Crippen LogP) is 9.80. The van der Waals surface area contributed by atoms with Crippen molar-refractivity contribution >= 4 is 43.9 Å². The first-order valence-electron chi connectivity index (χ1n) is 11.4. The Labute approximate surface area is 201 Å². The van der Waals surface area contributed by atoms with Crippen LogP contribution in [0.3, 0.4) is 0 Å². The molecular weight excluding hydrogens is 432 g/mol. The Morgan fingerprint density at radius 1 is 0.500 bits per heavy atom. The molecule has 0 saturated heterocycles. The van der Waals surface area contributed by atoms with Gasteiger partial charge in [0.1, 0.15) is 11.3 Å². The average Bonchev–Trinajstić information content (AvgIpc) is 3.57. The fourth-order valence-corrected chi connectivity index (χ4v) is 5.77. The van der Waals surface area contributed by atoms with Gasteiger partial charge in [-0.3, -0.25) is 0 Å². The maximum atomic E-state index is 6.17. The van der Waals surface area contributed by atoms with Crippen LogP contribution < -0.4 is 0 Å². The van der Waals surface area contributed by atoms with Gasteiger partial charge < -0.3 is 4.42 Å². The minimum atomic E-state index is 0.918. The normalized spacial score (nSPS) is 11.5. The molecule has 0 saturated carbocycles. The van der Waals surface area contributed by atoms with Gasteiger partial charge in [-0.25, -0.2) is 0 Å². The van der Waals surface area contributed by atoms with Crippen LogP contribution in [0.25, 0.3) is 65.4 Å². The summed E-state index contributed by atoms with van der Waals surface area (Å²) in [5, 5.41) is 8.28. The number of furan rings is 1. The van der Waals surface area contributed by atoms with Gasteiger partial charge in [0.15, 0.2) is 0 Å². The summed E-state index contributed by atoms with van der Waals surface area (Å²) in [6.07, 6.45) is 0. The van der Waals surface area contributed by atoms with Crippen LogP contribution in [0.2, 0.25) is 0 Å². The Bertz CT molecular complexity index is 1730. The molecule has 0 N–H and O–H groups in total. The molecule has 160 valence electrons. The minimum absolute atomic E-state index is 0.918. The van der Waals surface area contributed by atoms with Gasteiger partial charge in [0.05, 0.1) is 4.88 Å². The van der Waals surface area contributed by atoms with Crippen LogP contribution in [0.1, 0.15) is 0 Å². The monoisotopic (exact) mass is 452 g/mol. The molecule has 5 aromatic carbocycles. The number of benzene rings is 5. The van der Waals surface area contributed by atoms with E-state index in [1.807, 2.05) is 0 Å². The van der Waals surface area contributed by atoms with Gasteiger partial charge in [-0.1, -0.05) is 91.0 Å². The van der Waals surface area contributed by atoms with Crippen molar-refractivity contribution < 1.29 is 4.42 Å². The van der Waals surface area contributed by atoms with Crippen molar-refractivity contribution in [2.75, 3.05) is 0 Å². The van der Waals surface area contributed by atoms with Gasteiger partial charge in [-0.05, 0) is 73.4 Å². The second kappa shape index (κ2) is 7.72. The highest BCUT2D eigenvalue weighted by Crippen LogP contribution is 2.44. The highest BCUT2D eigenvalue weighted by molar-refractivity contribution is 7.13. The fourth-order valence-electron chi connectivity index (χ4n) is 5.09. The molecule has 0 radical (unpaired) electrons. The summed E-state index contributed by atoms with van der Waals surface area (Å²) >= 11 is 1.70. The first kappa shape index (κ1) is 19.3. The molecule has 0 atom stereocenters. The van der Waals surface area contributed by atoms with Crippen molar-refractivity contribution in [2.45, 2.75) is 0 Å². The molecule has 34 heavy (non-hydrogen) atoms. The molecule has 2 heterocycles. The first-order valence-corrected chi connectivity index (χ1v) is 12.3. The zero-order chi connectivity index (χ0) is 22.5. The molecule has 0 spiro atoms. The lowest BCUT2D eigenvalue weighted by molar-refractivity contribution is 0.633. The third kappa shape index (κ3) is 3.00. The summed E-state index contributed by atoms with van der Waals surface area (Å²) in [6, 6.07) is 41.2. The van der Waals surface area contributed by atoms with E-state index in [0.29, 0.717) is 0 Å². The summed E-state index contributed by atoms with van der Waals surface area (Å²) in [6.45, 7) is 0. The van der Waals surface area contributed by atoms with Crippen LogP contribution in [0.4, 0.5) is 0 Å². The quantitative estimate of drug-likeness (QED) is 0.243. The van der Waals surface area contributed by atoms with Crippen molar-refractivity contribution in [1.82, 2.24) is 0 Å². The summed E-state index contributed by atoms with van der Waals surface area (Å²) in [5.41, 5.74) is 5.93. The number of thiophene rings is 1. The average molecular weight is 453 g/mol. The Morgan fingerprint density at radius 3 is 1.74 bits per heavy atom. The lowest BCUT2D eigenvalue weighted by Crippen LogP contribution is -1.90. The van der Waals surface area contributed by atoms with Crippen molar-refractivity contribution in [2.24, 2.45) is 0 Å². The molecule has 0 aliphatic heterocycles. The van der Waals surface area contributed by atoms with Crippen molar-refractivity contribution in [3.8, 4) is 32.9 Å². The molecule has 7 rings (SSSR count). The molecule has 2 aromatic heterocycles. The van der Waals surface area contributed by atoms with E-state index in [4.69, 9.17) is 4.42 Å². The van der Waals surface area contributed by atoms with Crippen molar-refractivity contribution in [3.63, 3.8) is 0 Å². The van der Waals surface area contributed by atoms with Crippen LogP contribution >= 0.6 is 11.3 Å². The van der Waals surface area contributed by atoms with Gasteiger partial charge in [0, 0.05) is 5.39 Å². The lowest BCUT2D eigenvalue weighted by Gasteiger charge is -2.17. The maximum Gasteiger partial charge on any atom is 0.145 e. The highest BCUT2D eigenvalue weighted by Gasteiger charge is 2.17. The largest absolute Gasteiger partial charge is 0.455 e. The first-order chi connectivity index (χ1) is 16.9. The molecule has 0 unspecified atom stereocenters. The van der Waals surface area contributed by atoms with E-state index in [9.17, 15) is 0 Å². The van der Waals surface area contributed by atoms with E-state index in [2.05, 4.69) is 121 Å². The van der Waals surface area contributed by atoms with E-state index in [1.54, 1.807) is 11.3 Å². The standard InChI is InChI=1S/C32H20OS/c1-2-9-21(10-3-1)31-24-11-4-6-13-26(24)32(27-14-7-5-12-25(27)31)22-16-17-28-23(19-22)20-29(33-28)30-15-8-18-34-30/h1-20H. The molecule has 0 aliphatic rings. The number of fused-ring (bicyclic) bond motifs is 3. The van der Waals surface area contributed by atoms with Crippen molar-refractivity contribution in [1.29, 1.82) is 0 Å². The van der Waals surface area contributed by atoms with Gasteiger partial charge in [0.2, 0.25) is 0 Å². The third-order valence-electron chi connectivity index (χ3n) is 6.56. The molecule has 0 bridgehead atoms. The van der Waals surface area contributed by atoms with Crippen molar-refractivity contribution in [3.05, 3.63) is 121 Å². The molecule has 7 aromatic rings. The number of hydrogen-bond donors (Lipinski definition) is 0. The summed E-state index contributed by atoms with van der Waals surface area (Å²) < 4.78 is 6.17. The van der Waals surface area contributed by atoms with E-state index in [-0.39, 0.29) is 0 Å². The molecule has 1 nitrogen and oxygen atoms in total. The number of hydrogen-bond acceptors (Lipinski definition) is 2. The SMILES string of the molecule is c1ccc(-c2c3ccccc3c(-c3ccc4oc(-c5cccs5)cc4c3)c3ccccc23)cc1. The topological polar surface area (TPSA) is 13.1 Å². The van der Waals surface area contributed by atoms with Crippen LogP contribution in [0, 0.1) is 0 Å². The summed E-state index contributed by atoms with van der Waals surface area (Å²) in [4.78, 5) is 1.15. The highest BCUT2D eigenvalue weighted by atomic mass is 32.1. The minimum Gasteiger partial charge on any atom is -0.455 e. The predicted molar refractivity (Wildman–Crippen MR) is 145 cm³/mol. The van der Waals surface area contributed by atoms with E-state index >= 15 is 0 Å². The lowest BCUT2D eigenvalue weighted by atomic mass is 9.86. The van der Waals surface area contributed by atoms with Gasteiger partial charge in [0.25, 0.3) is 0 Å². The molecule has 0 amide bonds. The Hall–Kier alpha value is -4.14. The van der Waals surface area contributed by atoms with Gasteiger partial charge >= 0.3 is 0 Å². The summed E-state index contributed by atoms with van der Waals surface area (Å²) in [5.74, 6) is 0.927. The van der Waals surface area contributed by atoms with Crippen LogP contribution in [-0.2, 0) is 0 Å². The van der Waals surface area contributed by atoms with E-state index in [1.165, 1.54) is 43.8 Å².